The molecule has 2 saturated heterocycles. The van der Waals surface area contributed by atoms with E-state index >= 15 is 0 Å². The van der Waals surface area contributed by atoms with E-state index in [0.717, 1.165) is 35.9 Å². The van der Waals surface area contributed by atoms with Gasteiger partial charge in [0.05, 0.1) is 10.7 Å². The molecule has 0 bridgehead atoms. The van der Waals surface area contributed by atoms with E-state index in [9.17, 15) is 4.79 Å². The molecule has 0 N–H and O–H groups in total. The molecule has 0 radical (unpaired) electrons. The Kier molecular flexibility index (Phi) is 3.99. The highest BCUT2D eigenvalue weighted by atomic mass is 35.5. The van der Waals surface area contributed by atoms with Crippen molar-refractivity contribution in [2.75, 3.05) is 26.2 Å². The van der Waals surface area contributed by atoms with Gasteiger partial charge in [-0.15, -0.1) is 11.3 Å². The molecule has 0 spiro atoms. The summed E-state index contributed by atoms with van der Waals surface area (Å²) in [6, 6.07) is 8.19. The van der Waals surface area contributed by atoms with Gasteiger partial charge in [0.2, 0.25) is 0 Å². The van der Waals surface area contributed by atoms with Gasteiger partial charge in [0.25, 0.3) is 5.91 Å². The van der Waals surface area contributed by atoms with Crippen LogP contribution in [0.4, 0.5) is 0 Å². The molecule has 5 nitrogen and oxygen atoms in total. The maximum atomic E-state index is 13.1. The smallest absolute Gasteiger partial charge is 0.271 e. The number of fused-ring (bicyclic) bond motifs is 2. The minimum absolute atomic E-state index is 0.103. The molecule has 1 aromatic carbocycles. The maximum absolute atomic E-state index is 13.1. The van der Waals surface area contributed by atoms with Crippen molar-refractivity contribution in [2.24, 2.45) is 0 Å². The summed E-state index contributed by atoms with van der Waals surface area (Å²) in [6.07, 6.45) is 4.37. The van der Waals surface area contributed by atoms with Gasteiger partial charge in [-0.1, -0.05) is 29.8 Å². The fourth-order valence-corrected chi connectivity index (χ4v) is 5.15. The largest absolute Gasteiger partial charge is 0.334 e. The number of aromatic nitrogens is 2. The van der Waals surface area contributed by atoms with E-state index in [0.29, 0.717) is 16.8 Å². The van der Waals surface area contributed by atoms with E-state index in [1.807, 2.05) is 45.1 Å². The lowest BCUT2D eigenvalue weighted by molar-refractivity contribution is 0.0565. The molecule has 2 aliphatic heterocycles. The number of hydrogen-bond donors (Lipinski definition) is 0. The van der Waals surface area contributed by atoms with Gasteiger partial charge in [-0.2, -0.15) is 0 Å². The van der Waals surface area contributed by atoms with Crippen LogP contribution in [0.2, 0.25) is 5.02 Å². The quantitative estimate of drug-likeness (QED) is 0.675. The zero-order valence-electron chi connectivity index (χ0n) is 14.3. The van der Waals surface area contributed by atoms with Crippen molar-refractivity contribution in [1.29, 1.82) is 0 Å². The fraction of sp³-hybridized carbons (Fsp3) is 0.368. The molecule has 0 saturated carbocycles. The van der Waals surface area contributed by atoms with Crippen LogP contribution in [-0.4, -0.2) is 57.3 Å². The number of thiazole rings is 1. The normalized spacial score (nSPS) is 20.7. The van der Waals surface area contributed by atoms with Crippen molar-refractivity contribution in [3.8, 4) is 11.3 Å². The summed E-state index contributed by atoms with van der Waals surface area (Å²) >= 11 is 7.80. The molecule has 26 heavy (non-hydrogen) atoms. The third-order valence-corrected chi connectivity index (χ3v) is 6.62. The van der Waals surface area contributed by atoms with Crippen LogP contribution in [0.15, 0.2) is 35.8 Å². The third kappa shape index (κ3) is 2.64. The van der Waals surface area contributed by atoms with Crippen LogP contribution >= 0.6 is 22.9 Å². The first-order valence-corrected chi connectivity index (χ1v) is 10.2. The minimum atomic E-state index is 0.103. The van der Waals surface area contributed by atoms with E-state index in [-0.39, 0.29) is 5.91 Å². The zero-order valence-corrected chi connectivity index (χ0v) is 15.8. The van der Waals surface area contributed by atoms with Gasteiger partial charge < -0.3 is 4.90 Å². The van der Waals surface area contributed by atoms with Gasteiger partial charge in [0, 0.05) is 42.8 Å². The van der Waals surface area contributed by atoms with E-state index in [2.05, 4.69) is 9.88 Å². The first-order chi connectivity index (χ1) is 12.7. The first-order valence-electron chi connectivity index (χ1n) is 8.95. The predicted octanol–water partition coefficient (Wildman–Crippen LogP) is 3.64. The Bertz CT molecular complexity index is 981. The van der Waals surface area contributed by atoms with E-state index in [4.69, 9.17) is 11.6 Å². The van der Waals surface area contributed by atoms with Crippen molar-refractivity contribution in [1.82, 2.24) is 19.2 Å². The highest BCUT2D eigenvalue weighted by Gasteiger charge is 2.33. The predicted molar refractivity (Wildman–Crippen MR) is 104 cm³/mol. The summed E-state index contributed by atoms with van der Waals surface area (Å²) in [6.45, 7) is 3.80. The molecule has 5 rings (SSSR count). The lowest BCUT2D eigenvalue weighted by Crippen LogP contribution is -2.52. The number of benzene rings is 1. The van der Waals surface area contributed by atoms with Crippen LogP contribution < -0.4 is 0 Å². The van der Waals surface area contributed by atoms with Crippen molar-refractivity contribution >= 4 is 33.8 Å². The molecule has 2 fully saturated rings. The Morgan fingerprint density at radius 3 is 3.00 bits per heavy atom. The maximum Gasteiger partial charge on any atom is 0.271 e. The molecule has 2 aliphatic rings. The van der Waals surface area contributed by atoms with Gasteiger partial charge >= 0.3 is 0 Å². The van der Waals surface area contributed by atoms with Gasteiger partial charge in [-0.05, 0) is 25.5 Å². The van der Waals surface area contributed by atoms with Gasteiger partial charge in [0.15, 0.2) is 4.96 Å². The van der Waals surface area contributed by atoms with Crippen LogP contribution in [0, 0.1) is 0 Å². The number of carbonyl (C=O) groups excluding carboxylic acids is 1. The average molecular weight is 387 g/mol. The fourth-order valence-electron chi connectivity index (χ4n) is 4.07. The lowest BCUT2D eigenvalue weighted by Gasteiger charge is -2.37. The monoisotopic (exact) mass is 386 g/mol. The summed E-state index contributed by atoms with van der Waals surface area (Å²) in [5.74, 6) is 0.103. The highest BCUT2D eigenvalue weighted by molar-refractivity contribution is 7.15. The molecule has 1 atom stereocenters. The first kappa shape index (κ1) is 16.3. The zero-order chi connectivity index (χ0) is 17.7. The van der Waals surface area contributed by atoms with E-state index in [1.165, 1.54) is 30.7 Å². The molecular formula is C19H19ClN4OS. The van der Waals surface area contributed by atoms with Gasteiger partial charge in [-0.25, -0.2) is 4.98 Å². The number of imidazole rings is 1. The molecular weight excluding hydrogens is 368 g/mol. The van der Waals surface area contributed by atoms with E-state index < -0.39 is 0 Å². The second kappa shape index (κ2) is 6.37. The number of rotatable bonds is 2. The number of carbonyl (C=O) groups is 1. The van der Waals surface area contributed by atoms with Crippen molar-refractivity contribution in [2.45, 2.75) is 18.9 Å². The molecule has 1 amide bonds. The molecule has 4 heterocycles. The topological polar surface area (TPSA) is 40.9 Å². The number of amides is 1. The number of hydrogen-bond acceptors (Lipinski definition) is 4. The SMILES string of the molecule is O=C(c1csc2nc(-c3ccccc3Cl)cn12)N1CCN2CCC[C@@H]2C1. The van der Waals surface area contributed by atoms with Gasteiger partial charge in [-0.3, -0.25) is 14.1 Å². The van der Waals surface area contributed by atoms with Crippen LogP contribution in [0.1, 0.15) is 23.3 Å². The minimum Gasteiger partial charge on any atom is -0.334 e. The molecule has 2 aromatic heterocycles. The molecule has 134 valence electrons. The summed E-state index contributed by atoms with van der Waals surface area (Å²) in [4.78, 5) is 23.1. The second-order valence-electron chi connectivity index (χ2n) is 6.96. The number of halogens is 1. The Morgan fingerprint density at radius 1 is 1.23 bits per heavy atom. The Morgan fingerprint density at radius 2 is 2.12 bits per heavy atom. The molecule has 3 aromatic rings. The van der Waals surface area contributed by atoms with Gasteiger partial charge in [0.1, 0.15) is 5.69 Å². The second-order valence-corrected chi connectivity index (χ2v) is 8.21. The van der Waals surface area contributed by atoms with Crippen LogP contribution in [0.3, 0.4) is 0 Å². The Balaban J connectivity index is 1.46. The number of nitrogens with zero attached hydrogens (tertiary/aromatic N) is 4. The molecule has 0 aliphatic carbocycles. The standard InChI is InChI=1S/C19H19ClN4OS/c20-15-6-2-1-5-14(15)16-11-24-17(12-26-19(24)21-16)18(25)23-9-8-22-7-3-4-13(22)10-23/h1-2,5-6,11-13H,3-4,7-10H2/t13-/m1/s1. The van der Waals surface area contributed by atoms with Crippen LogP contribution in [0.25, 0.3) is 16.2 Å². The third-order valence-electron chi connectivity index (χ3n) is 5.45. The van der Waals surface area contributed by atoms with Crippen LogP contribution in [0.5, 0.6) is 0 Å². The molecule has 0 unspecified atom stereocenters. The van der Waals surface area contributed by atoms with Crippen molar-refractivity contribution in [3.63, 3.8) is 0 Å². The highest BCUT2D eigenvalue weighted by Crippen LogP contribution is 2.30. The van der Waals surface area contributed by atoms with E-state index in [1.54, 1.807) is 0 Å². The lowest BCUT2D eigenvalue weighted by atomic mass is 10.1. The Labute approximate surface area is 160 Å². The molecule has 7 heteroatoms. The summed E-state index contributed by atoms with van der Waals surface area (Å²) in [7, 11) is 0. The Hall–Kier alpha value is -1.89. The number of piperazine rings is 1. The summed E-state index contributed by atoms with van der Waals surface area (Å²) in [5, 5.41) is 2.59. The van der Waals surface area contributed by atoms with Crippen molar-refractivity contribution in [3.05, 3.63) is 46.6 Å². The summed E-state index contributed by atoms with van der Waals surface area (Å²) in [5.41, 5.74) is 2.39. The summed E-state index contributed by atoms with van der Waals surface area (Å²) < 4.78 is 1.91. The average Bonchev–Trinajstić information content (AvgIpc) is 3.36. The van der Waals surface area contributed by atoms with Crippen LogP contribution in [-0.2, 0) is 0 Å². The van der Waals surface area contributed by atoms with Crippen molar-refractivity contribution < 1.29 is 4.79 Å².